The van der Waals surface area contributed by atoms with Gasteiger partial charge >= 0.3 is 0 Å². The molecule has 0 aromatic heterocycles. The molecule has 0 saturated carbocycles. The SMILES string of the molecule is C/C(=N\OCCSC(=N)N)c1ccc(Cl)c(Cl)c1. The maximum Gasteiger partial charge on any atom is 0.151 e. The van der Waals surface area contributed by atoms with E-state index < -0.39 is 0 Å². The predicted octanol–water partition coefficient (Wildman–Crippen LogP) is 3.36. The molecule has 0 unspecified atom stereocenters. The maximum absolute atomic E-state index is 7.01. The first-order valence-electron chi connectivity index (χ1n) is 5.09. The van der Waals surface area contributed by atoms with Gasteiger partial charge in [-0.1, -0.05) is 46.2 Å². The molecular weight excluding hydrogens is 293 g/mol. The zero-order valence-corrected chi connectivity index (χ0v) is 12.1. The molecule has 0 bridgehead atoms. The van der Waals surface area contributed by atoms with Crippen LogP contribution in [0.5, 0.6) is 0 Å². The van der Waals surface area contributed by atoms with Gasteiger partial charge in [-0.15, -0.1) is 0 Å². The minimum Gasteiger partial charge on any atom is -0.395 e. The summed E-state index contributed by atoms with van der Waals surface area (Å²) in [6, 6.07) is 5.26. The number of oxime groups is 1. The van der Waals surface area contributed by atoms with Gasteiger partial charge in [-0.25, -0.2) is 0 Å². The zero-order valence-electron chi connectivity index (χ0n) is 9.74. The van der Waals surface area contributed by atoms with Gasteiger partial charge in [0.15, 0.2) is 5.17 Å². The second-order valence-electron chi connectivity index (χ2n) is 3.35. The Morgan fingerprint density at radius 1 is 1.44 bits per heavy atom. The molecule has 1 aromatic rings. The second-order valence-corrected chi connectivity index (χ2v) is 5.30. The number of hydrogen-bond donors (Lipinski definition) is 2. The van der Waals surface area contributed by atoms with Crippen molar-refractivity contribution in [1.82, 2.24) is 0 Å². The highest BCUT2D eigenvalue weighted by atomic mass is 35.5. The summed E-state index contributed by atoms with van der Waals surface area (Å²) < 4.78 is 0. The Morgan fingerprint density at radius 3 is 2.78 bits per heavy atom. The third-order valence-electron chi connectivity index (χ3n) is 1.97. The molecule has 1 aromatic carbocycles. The van der Waals surface area contributed by atoms with Crippen molar-refractivity contribution in [2.45, 2.75) is 6.92 Å². The molecule has 4 nitrogen and oxygen atoms in total. The van der Waals surface area contributed by atoms with Crippen molar-refractivity contribution in [3.05, 3.63) is 33.8 Å². The molecule has 98 valence electrons. The van der Waals surface area contributed by atoms with Crippen molar-refractivity contribution in [2.75, 3.05) is 12.4 Å². The van der Waals surface area contributed by atoms with Gasteiger partial charge in [0.25, 0.3) is 0 Å². The first-order chi connectivity index (χ1) is 8.50. The normalized spacial score (nSPS) is 11.4. The van der Waals surface area contributed by atoms with Gasteiger partial charge in [0.2, 0.25) is 0 Å². The summed E-state index contributed by atoms with van der Waals surface area (Å²) in [6.07, 6.45) is 0. The van der Waals surface area contributed by atoms with Crippen molar-refractivity contribution in [1.29, 1.82) is 5.41 Å². The highest BCUT2D eigenvalue weighted by Gasteiger charge is 2.02. The molecule has 0 amide bonds. The van der Waals surface area contributed by atoms with Gasteiger partial charge in [-0.3, -0.25) is 5.41 Å². The van der Waals surface area contributed by atoms with Crippen LogP contribution in [0.2, 0.25) is 10.0 Å². The largest absolute Gasteiger partial charge is 0.395 e. The van der Waals surface area contributed by atoms with Crippen molar-refractivity contribution in [3.63, 3.8) is 0 Å². The smallest absolute Gasteiger partial charge is 0.151 e. The number of nitrogens with one attached hydrogen (secondary N) is 1. The van der Waals surface area contributed by atoms with E-state index in [0.717, 1.165) is 5.56 Å². The highest BCUT2D eigenvalue weighted by molar-refractivity contribution is 8.13. The summed E-state index contributed by atoms with van der Waals surface area (Å²) in [5.74, 6) is 0.591. The van der Waals surface area contributed by atoms with Crippen LogP contribution in [0.4, 0.5) is 0 Å². The van der Waals surface area contributed by atoms with E-state index in [-0.39, 0.29) is 5.17 Å². The molecule has 3 N–H and O–H groups in total. The average Bonchev–Trinajstić information content (AvgIpc) is 2.31. The summed E-state index contributed by atoms with van der Waals surface area (Å²) in [7, 11) is 0. The lowest BCUT2D eigenvalue weighted by Crippen LogP contribution is -2.06. The lowest BCUT2D eigenvalue weighted by atomic mass is 10.1. The van der Waals surface area contributed by atoms with Crippen molar-refractivity contribution < 1.29 is 4.84 Å². The van der Waals surface area contributed by atoms with E-state index in [1.807, 2.05) is 13.0 Å². The van der Waals surface area contributed by atoms with Crippen LogP contribution in [-0.2, 0) is 4.84 Å². The number of benzene rings is 1. The quantitative estimate of drug-likeness (QED) is 0.379. The molecule has 1 rings (SSSR count). The van der Waals surface area contributed by atoms with E-state index in [2.05, 4.69) is 5.16 Å². The molecule has 0 aliphatic heterocycles. The Morgan fingerprint density at radius 2 is 2.17 bits per heavy atom. The lowest BCUT2D eigenvalue weighted by molar-refractivity contribution is 0.161. The number of hydrogen-bond acceptors (Lipinski definition) is 4. The van der Waals surface area contributed by atoms with Gasteiger partial charge in [0, 0.05) is 11.3 Å². The van der Waals surface area contributed by atoms with E-state index >= 15 is 0 Å². The predicted molar refractivity (Wildman–Crippen MR) is 79.0 cm³/mol. The third-order valence-corrected chi connectivity index (χ3v) is 3.39. The second kappa shape index (κ2) is 7.51. The summed E-state index contributed by atoms with van der Waals surface area (Å²) in [6.45, 7) is 2.21. The number of amidine groups is 1. The fourth-order valence-electron chi connectivity index (χ4n) is 1.11. The minimum absolute atomic E-state index is 0.0729. The molecule has 0 radical (unpaired) electrons. The first-order valence-corrected chi connectivity index (χ1v) is 6.83. The standard InChI is InChI=1S/C11H13Cl2N3OS/c1-7(16-17-4-5-18-11(14)15)8-2-3-9(12)10(13)6-8/h2-3,6H,4-5H2,1H3,(H3,14,15)/b16-7+. The monoisotopic (exact) mass is 305 g/mol. The summed E-state index contributed by atoms with van der Waals surface area (Å²) >= 11 is 12.9. The minimum atomic E-state index is 0.0729. The van der Waals surface area contributed by atoms with E-state index in [0.29, 0.717) is 28.1 Å². The Kier molecular flexibility index (Phi) is 6.32. The van der Waals surface area contributed by atoms with Crippen LogP contribution in [0.25, 0.3) is 0 Å². The highest BCUT2D eigenvalue weighted by Crippen LogP contribution is 2.22. The fourth-order valence-corrected chi connectivity index (χ4v) is 1.78. The Hall–Kier alpha value is -0.910. The number of halogens is 2. The van der Waals surface area contributed by atoms with Crippen molar-refractivity contribution in [3.8, 4) is 0 Å². The molecule has 7 heteroatoms. The molecule has 0 saturated heterocycles. The van der Waals surface area contributed by atoms with Crippen LogP contribution in [0, 0.1) is 5.41 Å². The third kappa shape index (κ3) is 5.16. The van der Waals surface area contributed by atoms with Crippen molar-refractivity contribution >= 4 is 45.8 Å². The van der Waals surface area contributed by atoms with Crippen LogP contribution >= 0.6 is 35.0 Å². The van der Waals surface area contributed by atoms with Crippen molar-refractivity contribution in [2.24, 2.45) is 10.9 Å². The Bertz CT molecular complexity index is 466. The topological polar surface area (TPSA) is 71.5 Å². The van der Waals surface area contributed by atoms with E-state index in [1.54, 1.807) is 12.1 Å². The molecule has 0 spiro atoms. The maximum atomic E-state index is 7.01. The molecular formula is C11H13Cl2N3OS. The van der Waals surface area contributed by atoms with Gasteiger partial charge in [0.1, 0.15) is 6.61 Å². The van der Waals surface area contributed by atoms with Gasteiger partial charge in [-0.2, -0.15) is 0 Å². The van der Waals surface area contributed by atoms with E-state index in [1.165, 1.54) is 11.8 Å². The number of nitrogens with zero attached hydrogens (tertiary/aromatic N) is 1. The molecule has 0 aliphatic carbocycles. The van der Waals surface area contributed by atoms with Gasteiger partial charge in [0.05, 0.1) is 15.8 Å². The number of nitrogens with two attached hydrogens (primary N) is 1. The molecule has 18 heavy (non-hydrogen) atoms. The van der Waals surface area contributed by atoms with Gasteiger partial charge < -0.3 is 10.6 Å². The van der Waals surface area contributed by atoms with Crippen LogP contribution in [0.15, 0.2) is 23.4 Å². The number of rotatable bonds is 5. The molecule has 0 fully saturated rings. The van der Waals surface area contributed by atoms with Crippen LogP contribution < -0.4 is 5.73 Å². The average molecular weight is 306 g/mol. The zero-order chi connectivity index (χ0) is 13.5. The number of thioether (sulfide) groups is 1. The summed E-state index contributed by atoms with van der Waals surface area (Å²) in [4.78, 5) is 5.11. The lowest BCUT2D eigenvalue weighted by Gasteiger charge is -2.03. The van der Waals surface area contributed by atoms with E-state index in [9.17, 15) is 0 Å². The van der Waals surface area contributed by atoms with Crippen LogP contribution in [0.3, 0.4) is 0 Å². The first kappa shape index (κ1) is 15.1. The molecule has 0 heterocycles. The fraction of sp³-hybridized carbons (Fsp3) is 0.273. The Balaban J connectivity index is 2.50. The Labute approximate surface area is 120 Å². The van der Waals surface area contributed by atoms with E-state index in [4.69, 9.17) is 39.2 Å². The van der Waals surface area contributed by atoms with Gasteiger partial charge in [-0.05, 0) is 19.1 Å². The summed E-state index contributed by atoms with van der Waals surface area (Å²) in [5, 5.41) is 12.0. The molecule has 0 atom stereocenters. The van der Waals surface area contributed by atoms with Crippen LogP contribution in [0.1, 0.15) is 12.5 Å². The molecule has 0 aliphatic rings. The van der Waals surface area contributed by atoms with Crippen LogP contribution in [-0.4, -0.2) is 23.2 Å². The summed E-state index contributed by atoms with van der Waals surface area (Å²) in [5.41, 5.74) is 6.74.